The largest absolute Gasteiger partial charge is 0.508 e. The van der Waals surface area contributed by atoms with E-state index in [0.29, 0.717) is 16.3 Å². The van der Waals surface area contributed by atoms with Crippen molar-refractivity contribution < 1.29 is 19.4 Å². The maximum absolute atomic E-state index is 12.3. The molecule has 3 N–H and O–H groups in total. The summed E-state index contributed by atoms with van der Waals surface area (Å²) in [7, 11) is 0. The zero-order valence-corrected chi connectivity index (χ0v) is 15.0. The Hall–Kier alpha value is -2.70. The molecule has 0 aliphatic carbocycles. The Morgan fingerprint density at radius 1 is 1.19 bits per heavy atom. The highest BCUT2D eigenvalue weighted by molar-refractivity contribution is 6.36. The number of nitrogens with one attached hydrogen (secondary N) is 1. The summed E-state index contributed by atoms with van der Waals surface area (Å²) in [5.74, 6) is -0.966. The monoisotopic (exact) mass is 393 g/mol. The molecule has 6 nitrogen and oxygen atoms in total. The SMILES string of the molecule is Cc1c(CC(=O)Nc2ccc(Cl)cc2Cl)c(=O)oc2cc(O)cc(O)c12. The van der Waals surface area contributed by atoms with Crippen molar-refractivity contribution in [1.29, 1.82) is 0 Å². The number of anilines is 1. The van der Waals surface area contributed by atoms with Gasteiger partial charge in [-0.15, -0.1) is 0 Å². The first-order chi connectivity index (χ1) is 12.3. The van der Waals surface area contributed by atoms with Crippen molar-refractivity contribution in [2.24, 2.45) is 0 Å². The van der Waals surface area contributed by atoms with Gasteiger partial charge in [-0.2, -0.15) is 0 Å². The van der Waals surface area contributed by atoms with Gasteiger partial charge in [0.15, 0.2) is 0 Å². The molecule has 0 atom stereocenters. The number of phenolic OH excluding ortho intramolecular Hbond substituents is 2. The third-order valence-electron chi connectivity index (χ3n) is 3.89. The Morgan fingerprint density at radius 2 is 1.92 bits per heavy atom. The first-order valence-corrected chi connectivity index (χ1v) is 8.25. The van der Waals surface area contributed by atoms with E-state index in [-0.39, 0.29) is 39.5 Å². The van der Waals surface area contributed by atoms with E-state index in [1.165, 1.54) is 12.1 Å². The van der Waals surface area contributed by atoms with Crippen LogP contribution in [0.5, 0.6) is 11.5 Å². The lowest BCUT2D eigenvalue weighted by Gasteiger charge is -2.11. The summed E-state index contributed by atoms with van der Waals surface area (Å²) in [5.41, 5.74) is 0.163. The lowest BCUT2D eigenvalue weighted by atomic mass is 10.0. The molecule has 3 aromatic rings. The highest BCUT2D eigenvalue weighted by atomic mass is 35.5. The van der Waals surface area contributed by atoms with Crippen molar-refractivity contribution in [2.75, 3.05) is 5.32 Å². The third-order valence-corrected chi connectivity index (χ3v) is 4.43. The van der Waals surface area contributed by atoms with Crippen LogP contribution < -0.4 is 10.9 Å². The molecule has 0 unspecified atom stereocenters. The second kappa shape index (κ2) is 6.90. The first-order valence-electron chi connectivity index (χ1n) is 7.49. The lowest BCUT2D eigenvalue weighted by molar-refractivity contribution is -0.115. The van der Waals surface area contributed by atoms with Gasteiger partial charge in [0, 0.05) is 17.2 Å². The molecule has 134 valence electrons. The van der Waals surface area contributed by atoms with E-state index in [4.69, 9.17) is 27.6 Å². The minimum absolute atomic E-state index is 0.0369. The van der Waals surface area contributed by atoms with Crippen LogP contribution in [0.2, 0.25) is 10.0 Å². The number of aryl methyl sites for hydroxylation is 1. The Morgan fingerprint density at radius 3 is 2.62 bits per heavy atom. The second-order valence-electron chi connectivity index (χ2n) is 5.68. The van der Waals surface area contributed by atoms with Crippen molar-refractivity contribution in [3.8, 4) is 11.5 Å². The molecule has 0 aliphatic rings. The van der Waals surface area contributed by atoms with E-state index in [1.807, 2.05) is 0 Å². The van der Waals surface area contributed by atoms with Gasteiger partial charge in [0.05, 0.1) is 28.1 Å². The molecule has 8 heteroatoms. The molecule has 2 aromatic carbocycles. The predicted octanol–water partition coefficient (Wildman–Crippen LogP) is 4.00. The van der Waals surface area contributed by atoms with Gasteiger partial charge in [-0.25, -0.2) is 4.79 Å². The van der Waals surface area contributed by atoms with Gasteiger partial charge in [-0.1, -0.05) is 23.2 Å². The average molecular weight is 394 g/mol. The zero-order chi connectivity index (χ0) is 19.0. The Balaban J connectivity index is 1.95. The van der Waals surface area contributed by atoms with Crippen molar-refractivity contribution in [3.63, 3.8) is 0 Å². The Labute approximate surface area is 157 Å². The fourth-order valence-corrected chi connectivity index (χ4v) is 3.12. The summed E-state index contributed by atoms with van der Waals surface area (Å²) in [5, 5.41) is 23.1. The van der Waals surface area contributed by atoms with Crippen LogP contribution in [0.4, 0.5) is 5.69 Å². The van der Waals surface area contributed by atoms with Crippen LogP contribution >= 0.6 is 23.2 Å². The number of hydrogen-bond acceptors (Lipinski definition) is 5. The van der Waals surface area contributed by atoms with Gasteiger partial charge < -0.3 is 19.9 Å². The smallest absolute Gasteiger partial charge is 0.340 e. The first kappa shape index (κ1) is 18.1. The van der Waals surface area contributed by atoms with Gasteiger partial charge in [-0.3, -0.25) is 4.79 Å². The van der Waals surface area contributed by atoms with Crippen LogP contribution in [0.1, 0.15) is 11.1 Å². The zero-order valence-electron chi connectivity index (χ0n) is 13.5. The van der Waals surface area contributed by atoms with Crippen LogP contribution in [0.3, 0.4) is 0 Å². The number of halogens is 2. The molecular formula is C18H13Cl2NO5. The van der Waals surface area contributed by atoms with Gasteiger partial charge in [0.25, 0.3) is 0 Å². The van der Waals surface area contributed by atoms with E-state index >= 15 is 0 Å². The number of carbonyl (C=O) groups is 1. The molecule has 0 aliphatic heterocycles. The molecule has 1 heterocycles. The average Bonchev–Trinajstić information content (AvgIpc) is 2.53. The van der Waals surface area contributed by atoms with E-state index in [9.17, 15) is 19.8 Å². The molecule has 3 rings (SSSR count). The number of rotatable bonds is 3. The molecule has 0 fully saturated rings. The molecule has 0 radical (unpaired) electrons. The van der Waals surface area contributed by atoms with Gasteiger partial charge in [0.2, 0.25) is 5.91 Å². The summed E-state index contributed by atoms with van der Waals surface area (Å²) < 4.78 is 5.13. The maximum atomic E-state index is 12.3. The van der Waals surface area contributed by atoms with E-state index in [0.717, 1.165) is 6.07 Å². The molecule has 1 amide bonds. The number of phenols is 2. The van der Waals surface area contributed by atoms with E-state index in [2.05, 4.69) is 5.32 Å². The van der Waals surface area contributed by atoms with Crippen molar-refractivity contribution in [3.05, 3.63) is 61.9 Å². The Bertz CT molecular complexity index is 1090. The number of benzene rings is 2. The number of aromatic hydroxyl groups is 2. The molecule has 0 saturated carbocycles. The minimum Gasteiger partial charge on any atom is -0.508 e. The van der Waals surface area contributed by atoms with Gasteiger partial charge >= 0.3 is 5.63 Å². The topological polar surface area (TPSA) is 99.8 Å². The fourth-order valence-electron chi connectivity index (χ4n) is 2.66. The summed E-state index contributed by atoms with van der Waals surface area (Å²) in [6.07, 6.45) is -0.274. The summed E-state index contributed by atoms with van der Waals surface area (Å²) in [6, 6.07) is 6.96. The number of amides is 1. The highest BCUT2D eigenvalue weighted by Crippen LogP contribution is 2.32. The molecule has 1 aromatic heterocycles. The molecule has 26 heavy (non-hydrogen) atoms. The Kier molecular flexibility index (Phi) is 4.80. The van der Waals surface area contributed by atoms with Crippen molar-refractivity contribution in [1.82, 2.24) is 0 Å². The number of fused-ring (bicyclic) bond motifs is 1. The highest BCUT2D eigenvalue weighted by Gasteiger charge is 2.18. The summed E-state index contributed by atoms with van der Waals surface area (Å²) in [6.45, 7) is 1.59. The maximum Gasteiger partial charge on any atom is 0.340 e. The van der Waals surface area contributed by atoms with Gasteiger partial charge in [-0.05, 0) is 30.7 Å². The molecule has 0 saturated heterocycles. The van der Waals surface area contributed by atoms with Crippen LogP contribution in [0.15, 0.2) is 39.5 Å². The second-order valence-corrected chi connectivity index (χ2v) is 6.52. The molecule has 0 bridgehead atoms. The fraction of sp³-hybridized carbons (Fsp3) is 0.111. The summed E-state index contributed by atoms with van der Waals surface area (Å²) >= 11 is 11.8. The van der Waals surface area contributed by atoms with Crippen LogP contribution in [0, 0.1) is 6.92 Å². The van der Waals surface area contributed by atoms with E-state index in [1.54, 1.807) is 19.1 Å². The van der Waals surface area contributed by atoms with Crippen molar-refractivity contribution in [2.45, 2.75) is 13.3 Å². The predicted molar refractivity (Wildman–Crippen MR) is 99.3 cm³/mol. The van der Waals surface area contributed by atoms with Crippen LogP contribution in [-0.4, -0.2) is 16.1 Å². The molecular weight excluding hydrogens is 381 g/mol. The van der Waals surface area contributed by atoms with Gasteiger partial charge in [0.1, 0.15) is 17.1 Å². The molecule has 0 spiro atoms. The number of hydrogen-bond donors (Lipinski definition) is 3. The summed E-state index contributed by atoms with van der Waals surface area (Å²) in [4.78, 5) is 24.5. The van der Waals surface area contributed by atoms with Crippen LogP contribution in [-0.2, 0) is 11.2 Å². The normalized spacial score (nSPS) is 10.9. The van der Waals surface area contributed by atoms with Crippen LogP contribution in [0.25, 0.3) is 11.0 Å². The lowest BCUT2D eigenvalue weighted by Crippen LogP contribution is -2.20. The number of carbonyl (C=O) groups excluding carboxylic acids is 1. The van der Waals surface area contributed by atoms with E-state index < -0.39 is 11.5 Å². The third kappa shape index (κ3) is 3.47. The van der Waals surface area contributed by atoms with Crippen molar-refractivity contribution >= 4 is 45.8 Å². The standard InChI is InChI=1S/C18H13Cl2NO5/c1-8-11(7-16(24)21-13-3-2-9(19)4-12(13)20)18(25)26-15-6-10(22)5-14(23)17(8)15/h2-6,22-23H,7H2,1H3,(H,21,24). The quantitative estimate of drug-likeness (QED) is 0.583. The minimum atomic E-state index is -0.725.